The molecular formula is C11H20N4O. The molecule has 16 heavy (non-hydrogen) atoms. The van der Waals surface area contributed by atoms with Gasteiger partial charge in [0.1, 0.15) is 0 Å². The van der Waals surface area contributed by atoms with Crippen molar-refractivity contribution in [1.29, 1.82) is 0 Å². The molecule has 0 bridgehead atoms. The predicted molar refractivity (Wildman–Crippen MR) is 61.0 cm³/mol. The summed E-state index contributed by atoms with van der Waals surface area (Å²) in [5.41, 5.74) is 5.44. The lowest BCUT2D eigenvalue weighted by Crippen LogP contribution is -2.20. The van der Waals surface area contributed by atoms with Gasteiger partial charge < -0.3 is 15.2 Å². The molecule has 1 fully saturated rings. The molecule has 1 atom stereocenters. The predicted octanol–water partition coefficient (Wildman–Crippen LogP) is 0.455. The third-order valence-electron chi connectivity index (χ3n) is 3.16. The molecule has 2 N–H and O–H groups in total. The van der Waals surface area contributed by atoms with Crippen molar-refractivity contribution in [3.63, 3.8) is 0 Å². The van der Waals surface area contributed by atoms with Gasteiger partial charge in [0.05, 0.1) is 0 Å². The first kappa shape index (κ1) is 11.5. The highest BCUT2D eigenvalue weighted by Gasteiger charge is 2.23. The summed E-state index contributed by atoms with van der Waals surface area (Å²) in [6.07, 6.45) is 2.85. The van der Waals surface area contributed by atoms with Crippen LogP contribution in [-0.4, -0.2) is 41.2 Å². The zero-order chi connectivity index (χ0) is 11.4. The Morgan fingerprint density at radius 1 is 1.56 bits per heavy atom. The number of likely N-dealkylation sites (tertiary alicyclic amines) is 1. The lowest BCUT2D eigenvalue weighted by Gasteiger charge is -2.11. The molecule has 0 aliphatic carbocycles. The Morgan fingerprint density at radius 3 is 3.12 bits per heavy atom. The Hall–Kier alpha value is -0.940. The molecule has 1 saturated heterocycles. The first-order chi connectivity index (χ1) is 7.81. The number of rotatable bonds is 5. The Balaban J connectivity index is 1.84. The van der Waals surface area contributed by atoms with E-state index in [9.17, 15) is 0 Å². The van der Waals surface area contributed by atoms with Crippen molar-refractivity contribution in [2.24, 2.45) is 11.7 Å². The highest BCUT2D eigenvalue weighted by molar-refractivity contribution is 4.90. The summed E-state index contributed by atoms with van der Waals surface area (Å²) in [7, 11) is 0. The van der Waals surface area contributed by atoms with Crippen LogP contribution < -0.4 is 5.73 Å². The second-order valence-electron chi connectivity index (χ2n) is 4.40. The van der Waals surface area contributed by atoms with Crippen LogP contribution in [0.5, 0.6) is 0 Å². The maximum absolute atomic E-state index is 5.44. The monoisotopic (exact) mass is 224 g/mol. The van der Waals surface area contributed by atoms with E-state index < -0.39 is 0 Å². The average molecular weight is 224 g/mol. The van der Waals surface area contributed by atoms with Crippen LogP contribution in [-0.2, 0) is 12.8 Å². The van der Waals surface area contributed by atoms with Gasteiger partial charge in [0.25, 0.3) is 0 Å². The fourth-order valence-electron chi connectivity index (χ4n) is 2.22. The van der Waals surface area contributed by atoms with Gasteiger partial charge in [-0.15, -0.1) is 0 Å². The van der Waals surface area contributed by atoms with Crippen molar-refractivity contribution in [2.75, 3.05) is 26.2 Å². The summed E-state index contributed by atoms with van der Waals surface area (Å²) in [5.74, 6) is 2.18. The first-order valence-corrected chi connectivity index (χ1v) is 6.05. The lowest BCUT2D eigenvalue weighted by atomic mass is 10.1. The molecule has 1 aromatic heterocycles. The molecule has 5 nitrogen and oxygen atoms in total. The second-order valence-corrected chi connectivity index (χ2v) is 4.40. The molecule has 0 aromatic carbocycles. The van der Waals surface area contributed by atoms with Gasteiger partial charge in [-0.1, -0.05) is 12.1 Å². The molecule has 2 heterocycles. The van der Waals surface area contributed by atoms with Gasteiger partial charge in [-0.25, -0.2) is 0 Å². The molecule has 1 aliphatic rings. The molecular weight excluding hydrogens is 204 g/mol. The van der Waals surface area contributed by atoms with E-state index in [1.807, 2.05) is 0 Å². The lowest BCUT2D eigenvalue weighted by molar-refractivity contribution is 0.322. The number of hydrogen-bond acceptors (Lipinski definition) is 5. The average Bonchev–Trinajstić information content (AvgIpc) is 2.89. The Morgan fingerprint density at radius 2 is 2.44 bits per heavy atom. The molecule has 5 heteroatoms. The van der Waals surface area contributed by atoms with Crippen molar-refractivity contribution in [1.82, 2.24) is 15.0 Å². The Kier molecular flexibility index (Phi) is 3.90. The standard InChI is InChI=1S/C11H20N4O/c1-2-15-6-4-9(8-15)7-11-13-10(3-5-12)14-16-11/h9H,2-8,12H2,1H3. The zero-order valence-electron chi connectivity index (χ0n) is 9.85. The molecule has 2 rings (SSSR count). The highest BCUT2D eigenvalue weighted by atomic mass is 16.5. The van der Waals surface area contributed by atoms with Crippen LogP contribution in [0.25, 0.3) is 0 Å². The molecule has 1 aliphatic heterocycles. The summed E-state index contributed by atoms with van der Waals surface area (Å²) in [5, 5.41) is 3.91. The van der Waals surface area contributed by atoms with Gasteiger partial charge in [0, 0.05) is 19.4 Å². The van der Waals surface area contributed by atoms with Crippen LogP contribution in [0.2, 0.25) is 0 Å². The minimum absolute atomic E-state index is 0.575. The molecule has 1 aromatic rings. The number of hydrogen-bond donors (Lipinski definition) is 1. The van der Waals surface area contributed by atoms with Gasteiger partial charge >= 0.3 is 0 Å². The van der Waals surface area contributed by atoms with Crippen LogP contribution in [0.1, 0.15) is 25.1 Å². The van der Waals surface area contributed by atoms with Crippen molar-refractivity contribution >= 4 is 0 Å². The van der Waals surface area contributed by atoms with Gasteiger partial charge in [0.15, 0.2) is 5.82 Å². The fraction of sp³-hybridized carbons (Fsp3) is 0.818. The number of aromatic nitrogens is 2. The molecule has 1 unspecified atom stereocenters. The topological polar surface area (TPSA) is 68.2 Å². The van der Waals surface area contributed by atoms with Crippen LogP contribution in [0.4, 0.5) is 0 Å². The summed E-state index contributed by atoms with van der Waals surface area (Å²) in [6, 6.07) is 0. The smallest absolute Gasteiger partial charge is 0.226 e. The van der Waals surface area contributed by atoms with E-state index in [0.717, 1.165) is 31.2 Å². The van der Waals surface area contributed by atoms with Crippen LogP contribution >= 0.6 is 0 Å². The van der Waals surface area contributed by atoms with Crippen LogP contribution in [0, 0.1) is 5.92 Å². The van der Waals surface area contributed by atoms with Crippen molar-refractivity contribution in [3.8, 4) is 0 Å². The van der Waals surface area contributed by atoms with Crippen LogP contribution in [0.15, 0.2) is 4.52 Å². The minimum Gasteiger partial charge on any atom is -0.339 e. The minimum atomic E-state index is 0.575. The van der Waals surface area contributed by atoms with E-state index in [-0.39, 0.29) is 0 Å². The first-order valence-electron chi connectivity index (χ1n) is 6.05. The van der Waals surface area contributed by atoms with Gasteiger partial charge in [0.2, 0.25) is 5.89 Å². The summed E-state index contributed by atoms with van der Waals surface area (Å²) >= 11 is 0. The summed E-state index contributed by atoms with van der Waals surface area (Å²) in [4.78, 5) is 6.80. The largest absolute Gasteiger partial charge is 0.339 e. The van der Waals surface area contributed by atoms with Crippen molar-refractivity contribution < 1.29 is 4.52 Å². The van der Waals surface area contributed by atoms with E-state index in [1.165, 1.54) is 13.0 Å². The SMILES string of the molecule is CCN1CCC(Cc2nc(CCN)no2)C1. The Bertz CT molecular complexity index is 326. The third-order valence-corrected chi connectivity index (χ3v) is 3.16. The normalized spacial score (nSPS) is 21.8. The van der Waals surface area contributed by atoms with E-state index in [1.54, 1.807) is 0 Å². The quantitative estimate of drug-likeness (QED) is 0.786. The van der Waals surface area contributed by atoms with Gasteiger partial charge in [-0.3, -0.25) is 0 Å². The fourth-order valence-corrected chi connectivity index (χ4v) is 2.22. The van der Waals surface area contributed by atoms with Gasteiger partial charge in [-0.05, 0) is 32.0 Å². The summed E-state index contributed by atoms with van der Waals surface area (Å²) < 4.78 is 5.21. The number of nitrogens with zero attached hydrogens (tertiary/aromatic N) is 3. The third kappa shape index (κ3) is 2.80. The second kappa shape index (κ2) is 5.41. The molecule has 0 saturated carbocycles. The maximum Gasteiger partial charge on any atom is 0.226 e. The molecule has 0 spiro atoms. The number of nitrogens with two attached hydrogens (primary N) is 1. The van der Waals surface area contributed by atoms with Gasteiger partial charge in [-0.2, -0.15) is 4.98 Å². The molecule has 90 valence electrons. The van der Waals surface area contributed by atoms with E-state index >= 15 is 0 Å². The molecule has 0 radical (unpaired) electrons. The van der Waals surface area contributed by atoms with E-state index in [0.29, 0.717) is 18.9 Å². The van der Waals surface area contributed by atoms with E-state index in [4.69, 9.17) is 10.3 Å². The zero-order valence-corrected chi connectivity index (χ0v) is 9.85. The highest BCUT2D eigenvalue weighted by Crippen LogP contribution is 2.19. The maximum atomic E-state index is 5.44. The van der Waals surface area contributed by atoms with Crippen LogP contribution in [0.3, 0.4) is 0 Å². The molecule has 0 amide bonds. The van der Waals surface area contributed by atoms with Crippen molar-refractivity contribution in [3.05, 3.63) is 11.7 Å². The summed E-state index contributed by atoms with van der Waals surface area (Å²) in [6.45, 7) is 6.27. The van der Waals surface area contributed by atoms with E-state index in [2.05, 4.69) is 22.0 Å². The van der Waals surface area contributed by atoms with Crippen molar-refractivity contribution in [2.45, 2.75) is 26.2 Å². The Labute approximate surface area is 96.0 Å².